The highest BCUT2D eigenvalue weighted by atomic mass is 19.1. The molecule has 0 aliphatic heterocycles. The van der Waals surface area contributed by atoms with Crippen molar-refractivity contribution in [3.63, 3.8) is 0 Å². The normalized spacial score (nSPS) is 10.9. The van der Waals surface area contributed by atoms with E-state index in [4.69, 9.17) is 4.52 Å². The fourth-order valence-electron chi connectivity index (χ4n) is 2.94. The van der Waals surface area contributed by atoms with Crippen molar-refractivity contribution < 1.29 is 13.7 Å². The lowest BCUT2D eigenvalue weighted by molar-refractivity contribution is 0.0812. The Hall–Kier alpha value is -3.88. The molecule has 0 unspecified atom stereocenters. The Balaban J connectivity index is 1.65. The predicted molar refractivity (Wildman–Crippen MR) is 106 cm³/mol. The third-order valence-corrected chi connectivity index (χ3v) is 4.49. The van der Waals surface area contributed by atoms with E-state index in [1.54, 1.807) is 43.3 Å². The topological polar surface area (TPSA) is 89.9 Å². The van der Waals surface area contributed by atoms with Crippen molar-refractivity contribution in [2.75, 3.05) is 14.1 Å². The molecule has 9 heteroatoms. The zero-order chi connectivity index (χ0) is 21.1. The maximum Gasteiger partial charge on any atom is 0.294 e. The van der Waals surface area contributed by atoms with E-state index in [1.807, 2.05) is 18.2 Å². The van der Waals surface area contributed by atoms with Crippen LogP contribution in [0.2, 0.25) is 0 Å². The summed E-state index contributed by atoms with van der Waals surface area (Å²) in [5, 5.41) is 8.42. The molecule has 0 aliphatic carbocycles. The average molecular weight is 406 g/mol. The first-order valence-electron chi connectivity index (χ1n) is 9.25. The largest absolute Gasteiger partial charge is 0.342 e. The fourth-order valence-corrected chi connectivity index (χ4v) is 2.94. The zero-order valence-corrected chi connectivity index (χ0v) is 16.5. The van der Waals surface area contributed by atoms with E-state index in [1.165, 1.54) is 17.0 Å². The van der Waals surface area contributed by atoms with Crippen molar-refractivity contribution >= 4 is 5.91 Å². The molecule has 0 saturated carbocycles. The van der Waals surface area contributed by atoms with E-state index < -0.39 is 0 Å². The number of amides is 1. The second kappa shape index (κ2) is 8.24. The van der Waals surface area contributed by atoms with Gasteiger partial charge in [0, 0.05) is 44.2 Å². The van der Waals surface area contributed by atoms with Gasteiger partial charge in [-0.3, -0.25) is 14.5 Å². The number of pyridine rings is 1. The fraction of sp³-hybridized carbons (Fsp3) is 0.190. The predicted octanol–water partition coefficient (Wildman–Crippen LogP) is 2.81. The molecule has 0 fully saturated rings. The lowest BCUT2D eigenvalue weighted by atomic mass is 10.1. The number of aromatic nitrogens is 5. The lowest BCUT2D eigenvalue weighted by Gasteiger charge is -2.05. The Morgan fingerprint density at radius 2 is 1.87 bits per heavy atom. The summed E-state index contributed by atoms with van der Waals surface area (Å²) in [6, 6.07) is 12.0. The van der Waals surface area contributed by atoms with Crippen LogP contribution in [0.15, 0.2) is 59.4 Å². The number of rotatable bonds is 6. The maximum absolute atomic E-state index is 13.3. The molecule has 0 N–H and O–H groups in total. The van der Waals surface area contributed by atoms with Crippen LogP contribution in [0.4, 0.5) is 4.39 Å². The highest BCUT2D eigenvalue weighted by Gasteiger charge is 2.18. The molecule has 3 aromatic heterocycles. The molecule has 1 amide bonds. The van der Waals surface area contributed by atoms with E-state index in [0.717, 1.165) is 22.5 Å². The van der Waals surface area contributed by atoms with Gasteiger partial charge in [0.15, 0.2) is 0 Å². The highest BCUT2D eigenvalue weighted by Crippen LogP contribution is 2.21. The average Bonchev–Trinajstić information content (AvgIpc) is 3.37. The van der Waals surface area contributed by atoms with Crippen LogP contribution in [-0.4, -0.2) is 49.8 Å². The third-order valence-electron chi connectivity index (χ3n) is 4.49. The SMILES string of the molecule is CN(C)C(=O)c1noc(Cn2nc(-c3ccncc3)cc2Cc2ccc(F)cc2)n1. The summed E-state index contributed by atoms with van der Waals surface area (Å²) < 4.78 is 20.3. The van der Waals surface area contributed by atoms with Gasteiger partial charge in [-0.05, 0) is 35.9 Å². The van der Waals surface area contributed by atoms with E-state index >= 15 is 0 Å². The van der Waals surface area contributed by atoms with Crippen molar-refractivity contribution in [2.45, 2.75) is 13.0 Å². The van der Waals surface area contributed by atoms with Crippen LogP contribution >= 0.6 is 0 Å². The molecule has 4 aromatic rings. The number of carbonyl (C=O) groups is 1. The van der Waals surface area contributed by atoms with Crippen LogP contribution in [0, 0.1) is 5.82 Å². The standard InChI is InChI=1S/C21H19FN6O2/c1-27(2)21(29)20-24-19(30-26-20)13-28-17(11-14-3-5-16(22)6-4-14)12-18(25-28)15-7-9-23-10-8-15/h3-10,12H,11,13H2,1-2H3. The quantitative estimate of drug-likeness (QED) is 0.489. The number of carbonyl (C=O) groups excluding carboxylic acids is 1. The van der Waals surface area contributed by atoms with Crippen LogP contribution in [0.3, 0.4) is 0 Å². The van der Waals surface area contributed by atoms with Crippen LogP contribution in [0.5, 0.6) is 0 Å². The van der Waals surface area contributed by atoms with E-state index in [0.29, 0.717) is 6.42 Å². The molecular formula is C21H19FN6O2. The van der Waals surface area contributed by atoms with Gasteiger partial charge in [0.25, 0.3) is 11.7 Å². The number of hydrogen-bond donors (Lipinski definition) is 0. The van der Waals surface area contributed by atoms with Gasteiger partial charge in [-0.1, -0.05) is 17.3 Å². The van der Waals surface area contributed by atoms with Crippen molar-refractivity contribution in [1.29, 1.82) is 0 Å². The van der Waals surface area contributed by atoms with Crippen molar-refractivity contribution in [3.05, 3.63) is 83.6 Å². The minimum atomic E-state index is -0.338. The molecule has 0 atom stereocenters. The van der Waals surface area contributed by atoms with Crippen LogP contribution < -0.4 is 0 Å². The smallest absolute Gasteiger partial charge is 0.294 e. The maximum atomic E-state index is 13.3. The molecule has 8 nitrogen and oxygen atoms in total. The highest BCUT2D eigenvalue weighted by molar-refractivity contribution is 5.89. The second-order valence-electron chi connectivity index (χ2n) is 6.93. The first-order chi connectivity index (χ1) is 14.5. The van der Waals surface area contributed by atoms with Gasteiger partial charge >= 0.3 is 0 Å². The molecule has 1 aromatic carbocycles. The van der Waals surface area contributed by atoms with Crippen LogP contribution in [0.25, 0.3) is 11.3 Å². The van der Waals surface area contributed by atoms with Gasteiger partial charge in [-0.25, -0.2) is 4.39 Å². The Morgan fingerprint density at radius 1 is 1.13 bits per heavy atom. The first kappa shape index (κ1) is 19.4. The summed E-state index contributed by atoms with van der Waals surface area (Å²) >= 11 is 0. The molecule has 152 valence electrons. The Bertz CT molecular complexity index is 1150. The Labute approximate surface area is 172 Å². The second-order valence-corrected chi connectivity index (χ2v) is 6.93. The van der Waals surface area contributed by atoms with E-state index in [9.17, 15) is 9.18 Å². The summed E-state index contributed by atoms with van der Waals surface area (Å²) in [6.45, 7) is 0.204. The van der Waals surface area contributed by atoms with Gasteiger partial charge in [0.1, 0.15) is 12.4 Å². The van der Waals surface area contributed by atoms with Crippen molar-refractivity contribution in [3.8, 4) is 11.3 Å². The monoisotopic (exact) mass is 406 g/mol. The molecule has 0 radical (unpaired) electrons. The molecule has 30 heavy (non-hydrogen) atoms. The molecule has 0 aliphatic rings. The zero-order valence-electron chi connectivity index (χ0n) is 16.5. The van der Waals surface area contributed by atoms with Gasteiger partial charge in [-0.2, -0.15) is 10.1 Å². The van der Waals surface area contributed by atoms with Gasteiger partial charge < -0.3 is 9.42 Å². The summed E-state index contributed by atoms with van der Waals surface area (Å²) in [7, 11) is 3.24. The summed E-state index contributed by atoms with van der Waals surface area (Å²) in [6.07, 6.45) is 3.94. The molecule has 0 spiro atoms. The number of benzene rings is 1. The molecular weight excluding hydrogens is 387 g/mol. The lowest BCUT2D eigenvalue weighted by Crippen LogP contribution is -2.22. The van der Waals surface area contributed by atoms with E-state index in [2.05, 4.69) is 20.2 Å². The summed E-state index contributed by atoms with van der Waals surface area (Å²) in [5.41, 5.74) is 3.50. The summed E-state index contributed by atoms with van der Waals surface area (Å²) in [4.78, 5) is 21.6. The number of hydrogen-bond acceptors (Lipinski definition) is 6. The van der Waals surface area contributed by atoms with Gasteiger partial charge in [0.05, 0.1) is 5.69 Å². The van der Waals surface area contributed by atoms with Crippen molar-refractivity contribution in [2.24, 2.45) is 0 Å². The Kier molecular flexibility index (Phi) is 5.34. The number of nitrogens with zero attached hydrogens (tertiary/aromatic N) is 6. The molecule has 0 bridgehead atoms. The van der Waals surface area contributed by atoms with Crippen LogP contribution in [0.1, 0.15) is 27.8 Å². The third kappa shape index (κ3) is 4.24. The summed E-state index contributed by atoms with van der Waals surface area (Å²) in [5.74, 6) is -0.357. The van der Waals surface area contributed by atoms with E-state index in [-0.39, 0.29) is 30.0 Å². The minimum Gasteiger partial charge on any atom is -0.342 e. The van der Waals surface area contributed by atoms with Crippen LogP contribution in [-0.2, 0) is 13.0 Å². The van der Waals surface area contributed by atoms with Crippen molar-refractivity contribution in [1.82, 2.24) is 29.8 Å². The molecule has 0 saturated heterocycles. The molecule has 4 rings (SSSR count). The Morgan fingerprint density at radius 3 is 2.57 bits per heavy atom. The first-order valence-corrected chi connectivity index (χ1v) is 9.25. The minimum absolute atomic E-state index is 0.00315. The van der Waals surface area contributed by atoms with Gasteiger partial charge in [-0.15, -0.1) is 0 Å². The van der Waals surface area contributed by atoms with Gasteiger partial charge in [0.2, 0.25) is 5.89 Å². The number of halogens is 1. The molecule has 3 heterocycles.